The minimum absolute atomic E-state index is 0.767. The highest BCUT2D eigenvalue weighted by molar-refractivity contribution is 5.38. The van der Waals surface area contributed by atoms with Crippen molar-refractivity contribution in [3.8, 4) is 11.8 Å². The molecule has 0 radical (unpaired) electrons. The molecule has 14 heavy (non-hydrogen) atoms. The van der Waals surface area contributed by atoms with Crippen LogP contribution >= 0.6 is 0 Å². The molecule has 0 spiro atoms. The van der Waals surface area contributed by atoms with Gasteiger partial charge in [-0.05, 0) is 42.4 Å². The fraction of sp³-hybridized carbons (Fsp3) is 0.308. The molecule has 1 aromatic rings. The third kappa shape index (κ3) is 2.23. The van der Waals surface area contributed by atoms with E-state index in [1.165, 1.54) is 12.0 Å². The van der Waals surface area contributed by atoms with Crippen molar-refractivity contribution in [2.24, 2.45) is 5.92 Å². The SMILES string of the molecule is C[C@H]1CC=C(C#Cc2ccccn2)C1. The lowest BCUT2D eigenvalue weighted by Crippen LogP contribution is -1.84. The van der Waals surface area contributed by atoms with E-state index >= 15 is 0 Å². The van der Waals surface area contributed by atoms with Crippen LogP contribution in [-0.2, 0) is 0 Å². The summed E-state index contributed by atoms with van der Waals surface area (Å²) in [5.41, 5.74) is 2.12. The van der Waals surface area contributed by atoms with Gasteiger partial charge >= 0.3 is 0 Å². The van der Waals surface area contributed by atoms with Crippen molar-refractivity contribution in [3.05, 3.63) is 41.7 Å². The number of nitrogens with zero attached hydrogens (tertiary/aromatic N) is 1. The average Bonchev–Trinajstić information content (AvgIpc) is 2.63. The second-order valence-corrected chi connectivity index (χ2v) is 3.74. The second kappa shape index (κ2) is 4.11. The quantitative estimate of drug-likeness (QED) is 0.563. The molecule has 1 aromatic heterocycles. The summed E-state index contributed by atoms with van der Waals surface area (Å²) >= 11 is 0. The molecule has 1 heteroatoms. The molecule has 0 aromatic carbocycles. The molecule has 1 aliphatic rings. The standard InChI is InChI=1S/C13H13N/c1-11-5-6-12(10-11)7-8-13-4-2-3-9-14-13/h2-4,6,9,11H,5,10H2,1H3/t11-/m0/s1. The van der Waals surface area contributed by atoms with Gasteiger partial charge in [0.15, 0.2) is 0 Å². The Morgan fingerprint density at radius 3 is 2.93 bits per heavy atom. The molecule has 1 nitrogen and oxygen atoms in total. The molecule has 0 saturated heterocycles. The molecule has 0 bridgehead atoms. The molecule has 0 unspecified atom stereocenters. The molecule has 2 rings (SSSR count). The minimum atomic E-state index is 0.767. The Balaban J connectivity index is 2.08. The number of aromatic nitrogens is 1. The van der Waals surface area contributed by atoms with Crippen LogP contribution in [-0.4, -0.2) is 4.98 Å². The van der Waals surface area contributed by atoms with Crippen LogP contribution in [0.15, 0.2) is 36.0 Å². The minimum Gasteiger partial charge on any atom is -0.248 e. The van der Waals surface area contributed by atoms with Gasteiger partial charge in [-0.2, -0.15) is 0 Å². The van der Waals surface area contributed by atoms with Gasteiger partial charge in [0.05, 0.1) is 0 Å². The van der Waals surface area contributed by atoms with Crippen molar-refractivity contribution in [2.75, 3.05) is 0 Å². The molecule has 0 aliphatic heterocycles. The van der Waals surface area contributed by atoms with Gasteiger partial charge in [0.1, 0.15) is 5.69 Å². The Hall–Kier alpha value is -1.55. The zero-order valence-electron chi connectivity index (χ0n) is 8.33. The van der Waals surface area contributed by atoms with Crippen LogP contribution in [0.4, 0.5) is 0 Å². The first-order chi connectivity index (χ1) is 6.84. The van der Waals surface area contributed by atoms with Gasteiger partial charge in [-0.25, -0.2) is 4.98 Å². The van der Waals surface area contributed by atoms with Crippen LogP contribution in [0.25, 0.3) is 0 Å². The summed E-state index contributed by atoms with van der Waals surface area (Å²) < 4.78 is 0. The van der Waals surface area contributed by atoms with Crippen LogP contribution in [0.3, 0.4) is 0 Å². The second-order valence-electron chi connectivity index (χ2n) is 3.74. The summed E-state index contributed by atoms with van der Waals surface area (Å²) in [6, 6.07) is 5.80. The maximum Gasteiger partial charge on any atom is 0.113 e. The van der Waals surface area contributed by atoms with Crippen molar-refractivity contribution in [1.29, 1.82) is 0 Å². The third-order valence-corrected chi connectivity index (χ3v) is 2.35. The van der Waals surface area contributed by atoms with Crippen LogP contribution < -0.4 is 0 Å². The van der Waals surface area contributed by atoms with E-state index in [0.29, 0.717) is 0 Å². The monoisotopic (exact) mass is 183 g/mol. The van der Waals surface area contributed by atoms with E-state index in [1.807, 2.05) is 18.2 Å². The molecule has 70 valence electrons. The Bertz CT molecular complexity index is 392. The number of pyridine rings is 1. The third-order valence-electron chi connectivity index (χ3n) is 2.35. The first-order valence-corrected chi connectivity index (χ1v) is 4.96. The summed E-state index contributed by atoms with van der Waals surface area (Å²) in [5.74, 6) is 7.02. The van der Waals surface area contributed by atoms with E-state index in [2.05, 4.69) is 29.8 Å². The molecule has 0 saturated carbocycles. The Morgan fingerprint density at radius 2 is 2.29 bits per heavy atom. The van der Waals surface area contributed by atoms with E-state index in [-0.39, 0.29) is 0 Å². The topological polar surface area (TPSA) is 12.9 Å². The Kier molecular flexibility index (Phi) is 2.65. The van der Waals surface area contributed by atoms with E-state index in [9.17, 15) is 0 Å². The molecule has 1 atom stereocenters. The smallest absolute Gasteiger partial charge is 0.113 e. The molecular formula is C13H13N. The summed E-state index contributed by atoms with van der Waals surface area (Å²) in [7, 11) is 0. The van der Waals surface area contributed by atoms with Crippen molar-refractivity contribution in [1.82, 2.24) is 4.98 Å². The van der Waals surface area contributed by atoms with E-state index in [1.54, 1.807) is 6.20 Å². The van der Waals surface area contributed by atoms with Gasteiger partial charge in [0.25, 0.3) is 0 Å². The summed E-state index contributed by atoms with van der Waals surface area (Å²) in [6.07, 6.45) is 6.31. The maximum atomic E-state index is 4.16. The van der Waals surface area contributed by atoms with Gasteiger partial charge < -0.3 is 0 Å². The van der Waals surface area contributed by atoms with E-state index < -0.39 is 0 Å². The van der Waals surface area contributed by atoms with Gasteiger partial charge in [0.2, 0.25) is 0 Å². The fourth-order valence-corrected chi connectivity index (χ4v) is 1.57. The van der Waals surface area contributed by atoms with Crippen LogP contribution in [0.2, 0.25) is 0 Å². The number of hydrogen-bond donors (Lipinski definition) is 0. The van der Waals surface area contributed by atoms with E-state index in [0.717, 1.165) is 18.0 Å². The number of rotatable bonds is 0. The largest absolute Gasteiger partial charge is 0.248 e. The van der Waals surface area contributed by atoms with Gasteiger partial charge in [-0.3, -0.25) is 0 Å². The van der Waals surface area contributed by atoms with Crippen molar-refractivity contribution < 1.29 is 0 Å². The molecule has 0 amide bonds. The normalized spacial score (nSPS) is 19.8. The first kappa shape index (κ1) is 9.02. The van der Waals surface area contributed by atoms with E-state index in [4.69, 9.17) is 0 Å². The number of hydrogen-bond acceptors (Lipinski definition) is 1. The zero-order chi connectivity index (χ0) is 9.80. The molecule has 0 fully saturated rings. The fourth-order valence-electron chi connectivity index (χ4n) is 1.57. The van der Waals surface area contributed by atoms with Crippen LogP contribution in [0.5, 0.6) is 0 Å². The van der Waals surface area contributed by atoms with Crippen molar-refractivity contribution in [2.45, 2.75) is 19.8 Å². The van der Waals surface area contributed by atoms with Gasteiger partial charge in [-0.15, -0.1) is 0 Å². The average molecular weight is 183 g/mol. The summed E-state index contributed by atoms with van der Waals surface area (Å²) in [6.45, 7) is 2.26. The van der Waals surface area contributed by atoms with Crippen LogP contribution in [0.1, 0.15) is 25.5 Å². The number of allylic oxidation sites excluding steroid dienone is 2. The lowest BCUT2D eigenvalue weighted by atomic mass is 10.1. The predicted molar refractivity (Wildman–Crippen MR) is 57.6 cm³/mol. The first-order valence-electron chi connectivity index (χ1n) is 4.96. The van der Waals surface area contributed by atoms with Crippen LogP contribution in [0, 0.1) is 17.8 Å². The molecular weight excluding hydrogens is 170 g/mol. The lowest BCUT2D eigenvalue weighted by Gasteiger charge is -1.95. The Labute approximate surface area is 84.9 Å². The van der Waals surface area contributed by atoms with Crippen molar-refractivity contribution >= 4 is 0 Å². The van der Waals surface area contributed by atoms with Crippen molar-refractivity contribution in [3.63, 3.8) is 0 Å². The molecule has 1 aliphatic carbocycles. The summed E-state index contributed by atoms with van der Waals surface area (Å²) in [4.78, 5) is 4.16. The Morgan fingerprint density at radius 1 is 1.36 bits per heavy atom. The van der Waals surface area contributed by atoms with Gasteiger partial charge in [-0.1, -0.05) is 25.0 Å². The molecule has 1 heterocycles. The highest BCUT2D eigenvalue weighted by Crippen LogP contribution is 2.23. The summed E-state index contributed by atoms with van der Waals surface area (Å²) in [5, 5.41) is 0. The lowest BCUT2D eigenvalue weighted by molar-refractivity contribution is 0.633. The zero-order valence-corrected chi connectivity index (χ0v) is 8.33. The molecule has 0 N–H and O–H groups in total. The highest BCUT2D eigenvalue weighted by atomic mass is 14.6. The maximum absolute atomic E-state index is 4.16. The highest BCUT2D eigenvalue weighted by Gasteiger charge is 2.09. The predicted octanol–water partition coefficient (Wildman–Crippen LogP) is 2.79. The van der Waals surface area contributed by atoms with Gasteiger partial charge in [0, 0.05) is 6.20 Å².